The minimum absolute atomic E-state index is 0.0412. The zero-order chi connectivity index (χ0) is 13.7. The number of Topliss-reactive ketones (excluding diaryl/α,β-unsaturated/α-hetero) is 1. The van der Waals surface area contributed by atoms with E-state index >= 15 is 0 Å². The van der Waals surface area contributed by atoms with Crippen LogP contribution in [0.3, 0.4) is 0 Å². The maximum atomic E-state index is 12.0. The second-order valence-electron chi connectivity index (χ2n) is 3.42. The molecule has 0 bridgehead atoms. The first-order chi connectivity index (χ1) is 8.58. The lowest BCUT2D eigenvalue weighted by Crippen LogP contribution is -2.12. The number of methoxy groups -OCH3 is 3. The highest BCUT2D eigenvalue weighted by molar-refractivity contribution is 6.45. The molecule has 0 radical (unpaired) electrons. The fraction of sp³-hybridized carbons (Fsp3) is 0.333. The summed E-state index contributed by atoms with van der Waals surface area (Å²) in [6, 6.07) is 3.02. The monoisotopic (exact) mass is 253 g/mol. The van der Waals surface area contributed by atoms with Crippen molar-refractivity contribution >= 4 is 11.5 Å². The molecular formula is C12H15NO5. The van der Waals surface area contributed by atoms with Crippen LogP contribution in [0.15, 0.2) is 17.3 Å². The summed E-state index contributed by atoms with van der Waals surface area (Å²) in [6.45, 7) is 1.40. The summed E-state index contributed by atoms with van der Waals surface area (Å²) < 4.78 is 15.3. The number of ketones is 1. The summed E-state index contributed by atoms with van der Waals surface area (Å²) in [5, 5.41) is 11.5. The van der Waals surface area contributed by atoms with Crippen molar-refractivity contribution < 1.29 is 24.2 Å². The van der Waals surface area contributed by atoms with Crippen LogP contribution in [0, 0.1) is 0 Å². The van der Waals surface area contributed by atoms with Gasteiger partial charge in [-0.2, -0.15) is 0 Å². The molecule has 0 atom stereocenters. The van der Waals surface area contributed by atoms with Crippen LogP contribution in [-0.4, -0.2) is 38.0 Å². The number of hydrogen-bond acceptors (Lipinski definition) is 6. The first-order valence-electron chi connectivity index (χ1n) is 5.12. The maximum absolute atomic E-state index is 12.0. The Morgan fingerprint density at radius 3 is 2.00 bits per heavy atom. The summed E-state index contributed by atoms with van der Waals surface area (Å²) in [7, 11) is 4.38. The Morgan fingerprint density at radius 1 is 1.06 bits per heavy atom. The Balaban J connectivity index is 3.38. The third-order valence-corrected chi connectivity index (χ3v) is 2.43. The van der Waals surface area contributed by atoms with Gasteiger partial charge in [0.1, 0.15) is 11.5 Å². The van der Waals surface area contributed by atoms with E-state index in [1.165, 1.54) is 40.4 Å². The van der Waals surface area contributed by atoms with Crippen molar-refractivity contribution in [2.45, 2.75) is 6.92 Å². The summed E-state index contributed by atoms with van der Waals surface area (Å²) in [5.74, 6) is 0.716. The number of carbonyl (C=O) groups excluding carboxylic acids is 1. The number of rotatable bonds is 5. The number of ether oxygens (including phenoxy) is 3. The SMILES string of the molecule is COc1cc(OC)c(C(=O)C(C)=NO)cc1OC. The summed E-state index contributed by atoms with van der Waals surface area (Å²) >= 11 is 0. The largest absolute Gasteiger partial charge is 0.496 e. The predicted molar refractivity (Wildman–Crippen MR) is 65.3 cm³/mol. The standard InChI is InChI=1S/C12H15NO5/c1-7(13-15)12(14)8-5-10(17-3)11(18-4)6-9(8)16-2/h5-6,15H,1-4H3. The molecule has 98 valence electrons. The topological polar surface area (TPSA) is 77.4 Å². The number of carbonyl (C=O) groups is 1. The van der Waals surface area contributed by atoms with Gasteiger partial charge in [0.15, 0.2) is 11.5 Å². The van der Waals surface area contributed by atoms with Crippen molar-refractivity contribution in [1.29, 1.82) is 0 Å². The lowest BCUT2D eigenvalue weighted by atomic mass is 10.1. The summed E-state index contributed by atoms with van der Waals surface area (Å²) in [6.07, 6.45) is 0. The normalized spacial score (nSPS) is 11.0. The van der Waals surface area contributed by atoms with Gasteiger partial charge in [-0.05, 0) is 13.0 Å². The van der Waals surface area contributed by atoms with E-state index in [4.69, 9.17) is 19.4 Å². The summed E-state index contributed by atoms with van der Waals surface area (Å²) in [5.41, 5.74) is 0.200. The Hall–Kier alpha value is -2.24. The molecule has 1 aromatic carbocycles. The minimum atomic E-state index is -0.449. The lowest BCUT2D eigenvalue weighted by molar-refractivity contribution is 0.105. The highest BCUT2D eigenvalue weighted by Crippen LogP contribution is 2.34. The van der Waals surface area contributed by atoms with Gasteiger partial charge >= 0.3 is 0 Å². The van der Waals surface area contributed by atoms with Gasteiger partial charge in [0.05, 0.1) is 26.9 Å². The van der Waals surface area contributed by atoms with Gasteiger partial charge < -0.3 is 19.4 Å². The Labute approximate surface area is 105 Å². The van der Waals surface area contributed by atoms with Gasteiger partial charge in [0.2, 0.25) is 5.78 Å². The van der Waals surface area contributed by atoms with Gasteiger partial charge in [-0.3, -0.25) is 4.79 Å². The van der Waals surface area contributed by atoms with Crippen LogP contribution in [0.25, 0.3) is 0 Å². The molecule has 0 aliphatic heterocycles. The molecule has 18 heavy (non-hydrogen) atoms. The molecule has 1 rings (SSSR count). The molecule has 0 aliphatic carbocycles. The Kier molecular flexibility index (Phi) is 4.53. The molecule has 1 aromatic rings. The van der Waals surface area contributed by atoms with E-state index in [9.17, 15) is 4.79 Å². The van der Waals surface area contributed by atoms with Gasteiger partial charge in [-0.1, -0.05) is 5.16 Å². The van der Waals surface area contributed by atoms with Crippen molar-refractivity contribution in [2.24, 2.45) is 5.16 Å². The van der Waals surface area contributed by atoms with E-state index in [1.54, 1.807) is 0 Å². The van der Waals surface area contributed by atoms with Crippen LogP contribution in [-0.2, 0) is 0 Å². The van der Waals surface area contributed by atoms with Crippen LogP contribution >= 0.6 is 0 Å². The van der Waals surface area contributed by atoms with E-state index in [0.29, 0.717) is 17.2 Å². The molecule has 0 aromatic heterocycles. The van der Waals surface area contributed by atoms with E-state index in [2.05, 4.69) is 5.16 Å². The van der Waals surface area contributed by atoms with Crippen molar-refractivity contribution in [3.8, 4) is 17.2 Å². The predicted octanol–water partition coefficient (Wildman–Crippen LogP) is 1.75. The van der Waals surface area contributed by atoms with Crippen LogP contribution in [0.5, 0.6) is 17.2 Å². The van der Waals surface area contributed by atoms with Gasteiger partial charge in [0, 0.05) is 6.07 Å². The first kappa shape index (κ1) is 13.8. The molecule has 0 amide bonds. The Bertz CT molecular complexity index is 482. The molecule has 1 N–H and O–H groups in total. The molecule has 0 heterocycles. The van der Waals surface area contributed by atoms with Crippen molar-refractivity contribution in [3.63, 3.8) is 0 Å². The number of nitrogens with zero attached hydrogens (tertiary/aromatic N) is 1. The lowest BCUT2D eigenvalue weighted by Gasteiger charge is -2.13. The van der Waals surface area contributed by atoms with Crippen molar-refractivity contribution in [1.82, 2.24) is 0 Å². The second-order valence-corrected chi connectivity index (χ2v) is 3.42. The van der Waals surface area contributed by atoms with Crippen LogP contribution < -0.4 is 14.2 Å². The average molecular weight is 253 g/mol. The first-order valence-corrected chi connectivity index (χ1v) is 5.12. The van der Waals surface area contributed by atoms with E-state index in [-0.39, 0.29) is 11.3 Å². The fourth-order valence-corrected chi connectivity index (χ4v) is 1.45. The summed E-state index contributed by atoms with van der Waals surface area (Å²) in [4.78, 5) is 12.0. The van der Waals surface area contributed by atoms with E-state index in [0.717, 1.165) is 0 Å². The minimum Gasteiger partial charge on any atom is -0.496 e. The molecule has 0 saturated carbocycles. The molecule has 0 saturated heterocycles. The maximum Gasteiger partial charge on any atom is 0.214 e. The van der Waals surface area contributed by atoms with Gasteiger partial charge in [-0.15, -0.1) is 0 Å². The average Bonchev–Trinajstić information content (AvgIpc) is 2.43. The van der Waals surface area contributed by atoms with Gasteiger partial charge in [-0.25, -0.2) is 0 Å². The van der Waals surface area contributed by atoms with E-state index in [1.807, 2.05) is 0 Å². The zero-order valence-corrected chi connectivity index (χ0v) is 10.7. The highest BCUT2D eigenvalue weighted by atomic mass is 16.5. The smallest absolute Gasteiger partial charge is 0.214 e. The molecule has 0 spiro atoms. The van der Waals surface area contributed by atoms with Gasteiger partial charge in [0.25, 0.3) is 0 Å². The zero-order valence-electron chi connectivity index (χ0n) is 10.7. The third-order valence-electron chi connectivity index (χ3n) is 2.43. The van der Waals surface area contributed by atoms with Crippen LogP contribution in [0.1, 0.15) is 17.3 Å². The fourth-order valence-electron chi connectivity index (χ4n) is 1.45. The number of benzene rings is 1. The molecule has 6 nitrogen and oxygen atoms in total. The molecule has 6 heteroatoms. The molecular weight excluding hydrogens is 238 g/mol. The number of oxime groups is 1. The number of hydrogen-bond donors (Lipinski definition) is 1. The Morgan fingerprint density at radius 2 is 1.56 bits per heavy atom. The van der Waals surface area contributed by atoms with Crippen molar-refractivity contribution in [2.75, 3.05) is 21.3 Å². The third kappa shape index (κ3) is 2.53. The van der Waals surface area contributed by atoms with Crippen LogP contribution in [0.4, 0.5) is 0 Å². The van der Waals surface area contributed by atoms with Crippen molar-refractivity contribution in [3.05, 3.63) is 17.7 Å². The highest BCUT2D eigenvalue weighted by Gasteiger charge is 2.19. The van der Waals surface area contributed by atoms with E-state index < -0.39 is 5.78 Å². The molecule has 0 fully saturated rings. The second kappa shape index (κ2) is 5.90. The molecule has 0 aliphatic rings. The van der Waals surface area contributed by atoms with Crippen LogP contribution in [0.2, 0.25) is 0 Å². The molecule has 0 unspecified atom stereocenters. The quantitative estimate of drug-likeness (QED) is 0.374.